The van der Waals surface area contributed by atoms with Crippen LogP contribution in [0.25, 0.3) is 0 Å². The summed E-state index contributed by atoms with van der Waals surface area (Å²) in [4.78, 5) is 3.98. The number of benzene rings is 1. The molecule has 1 N–H and O–H groups in total. The Kier molecular flexibility index (Phi) is 8.32. The van der Waals surface area contributed by atoms with Crippen LogP contribution in [0, 0.1) is 0 Å². The van der Waals surface area contributed by atoms with Gasteiger partial charge in [0.2, 0.25) is 8.32 Å². The van der Waals surface area contributed by atoms with Gasteiger partial charge in [0.15, 0.2) is 5.75 Å². The number of ether oxygens (including phenoxy) is 1. The van der Waals surface area contributed by atoms with Crippen LogP contribution < -0.4 is 14.6 Å². The van der Waals surface area contributed by atoms with E-state index < -0.39 is 8.32 Å². The summed E-state index contributed by atoms with van der Waals surface area (Å²) >= 11 is 0. The van der Waals surface area contributed by atoms with Crippen LogP contribution in [0.5, 0.6) is 11.5 Å². The molecule has 6 heteroatoms. The van der Waals surface area contributed by atoms with E-state index in [0.29, 0.717) is 0 Å². The topological polar surface area (TPSA) is 55.7 Å². The lowest BCUT2D eigenvalue weighted by molar-refractivity contribution is 0.390. The largest absolute Gasteiger partial charge is 0.542 e. The van der Waals surface area contributed by atoms with Crippen molar-refractivity contribution in [2.24, 2.45) is 5.10 Å². The summed E-state index contributed by atoms with van der Waals surface area (Å²) in [6.07, 6.45) is 9.52. The lowest BCUT2D eigenvalue weighted by Gasteiger charge is -2.25. The molecule has 0 radical (unpaired) electrons. The number of aryl methyl sites for hydroxylation is 1. The van der Waals surface area contributed by atoms with Crippen LogP contribution in [0.15, 0.2) is 47.8 Å². The van der Waals surface area contributed by atoms with E-state index >= 15 is 0 Å². The van der Waals surface area contributed by atoms with Crippen LogP contribution in [0.4, 0.5) is 5.69 Å². The van der Waals surface area contributed by atoms with Crippen molar-refractivity contribution in [3.05, 3.63) is 48.3 Å². The fourth-order valence-electron chi connectivity index (χ4n) is 2.75. The first kappa shape index (κ1) is 21.0. The van der Waals surface area contributed by atoms with Gasteiger partial charge in [0.05, 0.1) is 12.8 Å². The van der Waals surface area contributed by atoms with Gasteiger partial charge in [-0.1, -0.05) is 25.8 Å². The van der Waals surface area contributed by atoms with Gasteiger partial charge in [-0.05, 0) is 61.8 Å². The second-order valence-corrected chi connectivity index (χ2v) is 11.4. The molecule has 0 unspecified atom stereocenters. The maximum atomic E-state index is 6.35. The Balaban J connectivity index is 1.89. The van der Waals surface area contributed by atoms with E-state index in [-0.39, 0.29) is 0 Å². The normalized spacial score (nSPS) is 11.6. The number of hydrogen-bond donors (Lipinski definition) is 1. The van der Waals surface area contributed by atoms with Crippen LogP contribution in [0.1, 0.15) is 31.7 Å². The van der Waals surface area contributed by atoms with Crippen molar-refractivity contribution in [3.63, 3.8) is 0 Å². The number of nitrogens with one attached hydrogen (secondary N) is 1. The average Bonchev–Trinajstić information content (AvgIpc) is 2.67. The van der Waals surface area contributed by atoms with Gasteiger partial charge in [-0.3, -0.25) is 10.4 Å². The highest BCUT2D eigenvalue weighted by molar-refractivity contribution is 6.71. The first-order valence-electron chi connectivity index (χ1n) is 9.57. The van der Waals surface area contributed by atoms with E-state index in [1.54, 1.807) is 19.5 Å². The number of unbranched alkanes of at least 4 members (excludes halogenated alkanes) is 1. The van der Waals surface area contributed by atoms with Crippen LogP contribution in [0.3, 0.4) is 0 Å². The average molecular weight is 386 g/mol. The smallest absolute Gasteiger partial charge is 0.245 e. The van der Waals surface area contributed by atoms with Gasteiger partial charge in [-0.25, -0.2) is 0 Å². The van der Waals surface area contributed by atoms with Crippen LogP contribution in [-0.2, 0) is 6.42 Å². The van der Waals surface area contributed by atoms with Crippen molar-refractivity contribution in [2.75, 3.05) is 12.5 Å². The summed E-state index contributed by atoms with van der Waals surface area (Å²) in [6.45, 7) is 6.75. The third-order valence-electron chi connectivity index (χ3n) is 4.27. The standard InChI is InChI=1S/C21H31N3O2Si/c1-5-6-16-27(3,4)26-20-10-9-18(17-21(20)25-2)8-7-13-23-24-19-11-14-22-15-12-19/h9-15,17H,5-8,16H2,1-4H3,(H,22,24)/b23-13+. The number of hydrogen-bond acceptors (Lipinski definition) is 5. The molecule has 1 aromatic heterocycles. The molecular formula is C21H31N3O2Si. The molecule has 0 aliphatic heterocycles. The van der Waals surface area contributed by atoms with Crippen molar-refractivity contribution in [2.45, 2.75) is 51.7 Å². The van der Waals surface area contributed by atoms with Crippen molar-refractivity contribution in [1.29, 1.82) is 0 Å². The van der Waals surface area contributed by atoms with Gasteiger partial charge in [-0.2, -0.15) is 5.10 Å². The SMILES string of the molecule is CCCC[Si](C)(C)Oc1ccc(CC/C=N/Nc2ccncc2)cc1OC. The minimum absolute atomic E-state index is 0.816. The highest BCUT2D eigenvalue weighted by Crippen LogP contribution is 2.32. The molecule has 0 bridgehead atoms. The summed E-state index contributed by atoms with van der Waals surface area (Å²) in [5.74, 6) is 1.68. The quantitative estimate of drug-likeness (QED) is 0.315. The molecule has 0 amide bonds. The molecule has 27 heavy (non-hydrogen) atoms. The minimum atomic E-state index is -1.71. The minimum Gasteiger partial charge on any atom is -0.542 e. The second-order valence-electron chi connectivity index (χ2n) is 7.15. The Hall–Kier alpha value is -2.34. The lowest BCUT2D eigenvalue weighted by atomic mass is 10.1. The Labute approximate surface area is 164 Å². The fraction of sp³-hybridized carbons (Fsp3) is 0.429. The molecule has 2 aromatic rings. The van der Waals surface area contributed by atoms with Crippen LogP contribution in [0.2, 0.25) is 19.1 Å². The molecule has 0 aliphatic carbocycles. The van der Waals surface area contributed by atoms with Crippen molar-refractivity contribution < 1.29 is 9.16 Å². The summed E-state index contributed by atoms with van der Waals surface area (Å²) in [7, 11) is -0.0113. The summed E-state index contributed by atoms with van der Waals surface area (Å²) in [5, 5.41) is 4.24. The fourth-order valence-corrected chi connectivity index (χ4v) is 4.82. The maximum absolute atomic E-state index is 6.35. The van der Waals surface area contributed by atoms with Crippen molar-refractivity contribution >= 4 is 20.2 Å². The molecule has 2 rings (SSSR count). The zero-order chi connectivity index (χ0) is 19.5. The third-order valence-corrected chi connectivity index (χ3v) is 6.60. The Morgan fingerprint density at radius 1 is 1.15 bits per heavy atom. The molecule has 0 saturated carbocycles. The summed E-state index contributed by atoms with van der Waals surface area (Å²) in [5.41, 5.74) is 5.14. The van der Waals surface area contributed by atoms with Gasteiger partial charge >= 0.3 is 0 Å². The van der Waals surface area contributed by atoms with E-state index in [9.17, 15) is 0 Å². The molecule has 1 heterocycles. The zero-order valence-corrected chi connectivity index (χ0v) is 17.9. The third kappa shape index (κ3) is 7.42. The van der Waals surface area contributed by atoms with E-state index in [1.165, 1.54) is 18.4 Å². The molecule has 0 spiro atoms. The van der Waals surface area contributed by atoms with Crippen LogP contribution in [-0.4, -0.2) is 26.6 Å². The van der Waals surface area contributed by atoms with E-state index in [2.05, 4.69) is 47.7 Å². The second kappa shape index (κ2) is 10.7. The number of hydrazone groups is 1. The molecular weight excluding hydrogens is 354 g/mol. The van der Waals surface area contributed by atoms with Gasteiger partial charge in [0.1, 0.15) is 5.75 Å². The van der Waals surface area contributed by atoms with Crippen molar-refractivity contribution in [3.8, 4) is 11.5 Å². The van der Waals surface area contributed by atoms with E-state index in [4.69, 9.17) is 9.16 Å². The van der Waals surface area contributed by atoms with Gasteiger partial charge in [-0.15, -0.1) is 0 Å². The van der Waals surface area contributed by atoms with Crippen molar-refractivity contribution in [1.82, 2.24) is 4.98 Å². The summed E-state index contributed by atoms with van der Waals surface area (Å²) < 4.78 is 11.9. The Morgan fingerprint density at radius 2 is 1.93 bits per heavy atom. The highest BCUT2D eigenvalue weighted by atomic mass is 28.4. The zero-order valence-electron chi connectivity index (χ0n) is 16.9. The predicted octanol–water partition coefficient (Wildman–Crippen LogP) is 5.50. The predicted molar refractivity (Wildman–Crippen MR) is 115 cm³/mol. The molecule has 0 fully saturated rings. The Morgan fingerprint density at radius 3 is 2.63 bits per heavy atom. The number of methoxy groups -OCH3 is 1. The number of anilines is 1. The van der Waals surface area contributed by atoms with E-state index in [0.717, 1.165) is 36.1 Å². The summed E-state index contributed by atoms with van der Waals surface area (Å²) in [6, 6.07) is 11.2. The van der Waals surface area contributed by atoms with Gasteiger partial charge in [0, 0.05) is 18.6 Å². The van der Waals surface area contributed by atoms with Gasteiger partial charge < -0.3 is 9.16 Å². The molecule has 1 aromatic carbocycles. The monoisotopic (exact) mass is 385 g/mol. The molecule has 0 atom stereocenters. The van der Waals surface area contributed by atoms with E-state index in [1.807, 2.05) is 24.4 Å². The molecule has 0 saturated heterocycles. The molecule has 5 nitrogen and oxygen atoms in total. The Bertz CT molecular complexity index is 721. The first-order valence-corrected chi connectivity index (χ1v) is 12.7. The highest BCUT2D eigenvalue weighted by Gasteiger charge is 2.25. The number of nitrogens with zero attached hydrogens (tertiary/aromatic N) is 2. The number of pyridine rings is 1. The van der Waals surface area contributed by atoms with Gasteiger partial charge in [0.25, 0.3) is 0 Å². The first-order chi connectivity index (χ1) is 13.0. The van der Waals surface area contributed by atoms with Crippen LogP contribution >= 0.6 is 0 Å². The number of aromatic nitrogens is 1. The number of rotatable bonds is 11. The molecule has 146 valence electrons. The molecule has 0 aliphatic rings. The maximum Gasteiger partial charge on any atom is 0.245 e. The lowest BCUT2D eigenvalue weighted by Crippen LogP contribution is -2.33.